The standard InChI is InChI=1S/C18H29FN2/c1-5-11-21(13-14-9-10-14)17-8-6-7-16(19)15(17)12-20-18(2,3)4/h6-8,14,20H,5,9-13H2,1-4H3. The van der Waals surface area contributed by atoms with E-state index < -0.39 is 0 Å². The Kier molecular flexibility index (Phi) is 5.26. The predicted molar refractivity (Wildman–Crippen MR) is 88.2 cm³/mol. The number of hydrogen-bond donors (Lipinski definition) is 1. The minimum atomic E-state index is -0.0962. The van der Waals surface area contributed by atoms with Gasteiger partial charge in [-0.15, -0.1) is 0 Å². The molecule has 0 heterocycles. The summed E-state index contributed by atoms with van der Waals surface area (Å²) in [7, 11) is 0. The van der Waals surface area contributed by atoms with Crippen molar-refractivity contribution in [3.05, 3.63) is 29.6 Å². The van der Waals surface area contributed by atoms with Crippen LogP contribution < -0.4 is 10.2 Å². The van der Waals surface area contributed by atoms with Gasteiger partial charge in [0.1, 0.15) is 5.82 Å². The summed E-state index contributed by atoms with van der Waals surface area (Å²) in [4.78, 5) is 2.38. The molecule has 1 aromatic carbocycles. The highest BCUT2D eigenvalue weighted by Gasteiger charge is 2.26. The normalized spacial score (nSPS) is 15.3. The third kappa shape index (κ3) is 4.99. The lowest BCUT2D eigenvalue weighted by atomic mass is 10.1. The van der Waals surface area contributed by atoms with Gasteiger partial charge in [0.2, 0.25) is 0 Å². The van der Waals surface area contributed by atoms with Gasteiger partial charge >= 0.3 is 0 Å². The number of nitrogens with one attached hydrogen (secondary N) is 1. The van der Waals surface area contributed by atoms with E-state index in [2.05, 4.69) is 44.0 Å². The second-order valence-corrected chi connectivity index (χ2v) is 7.23. The van der Waals surface area contributed by atoms with Crippen LogP contribution in [-0.4, -0.2) is 18.6 Å². The Bertz CT molecular complexity index is 461. The minimum Gasteiger partial charge on any atom is -0.371 e. The maximum absolute atomic E-state index is 14.3. The zero-order valence-electron chi connectivity index (χ0n) is 13.9. The van der Waals surface area contributed by atoms with Gasteiger partial charge in [-0.3, -0.25) is 0 Å². The van der Waals surface area contributed by atoms with E-state index >= 15 is 0 Å². The topological polar surface area (TPSA) is 15.3 Å². The summed E-state index contributed by atoms with van der Waals surface area (Å²) in [5.74, 6) is 0.712. The number of rotatable bonds is 7. The molecular weight excluding hydrogens is 263 g/mol. The zero-order valence-corrected chi connectivity index (χ0v) is 13.9. The summed E-state index contributed by atoms with van der Waals surface area (Å²) >= 11 is 0. The van der Waals surface area contributed by atoms with E-state index in [4.69, 9.17) is 0 Å². The van der Waals surface area contributed by atoms with Gasteiger partial charge in [-0.05, 0) is 58.1 Å². The van der Waals surface area contributed by atoms with Gasteiger partial charge in [0, 0.05) is 36.4 Å². The largest absolute Gasteiger partial charge is 0.371 e. The summed E-state index contributed by atoms with van der Waals surface area (Å²) in [6, 6.07) is 5.48. The molecule has 3 heteroatoms. The average molecular weight is 292 g/mol. The van der Waals surface area contributed by atoms with Crippen LogP contribution in [0.25, 0.3) is 0 Å². The third-order valence-electron chi connectivity index (χ3n) is 3.90. The molecule has 1 N–H and O–H groups in total. The SMILES string of the molecule is CCCN(CC1CC1)c1cccc(F)c1CNC(C)(C)C. The molecule has 0 bridgehead atoms. The van der Waals surface area contributed by atoms with E-state index in [0.717, 1.165) is 36.7 Å². The van der Waals surface area contributed by atoms with E-state index in [1.54, 1.807) is 6.07 Å². The molecular formula is C18H29FN2. The highest BCUT2D eigenvalue weighted by molar-refractivity contribution is 5.54. The molecule has 21 heavy (non-hydrogen) atoms. The van der Waals surface area contributed by atoms with Gasteiger partial charge in [0.15, 0.2) is 0 Å². The van der Waals surface area contributed by atoms with Crippen molar-refractivity contribution in [2.24, 2.45) is 5.92 Å². The Morgan fingerprint density at radius 3 is 2.57 bits per heavy atom. The molecule has 1 saturated carbocycles. The third-order valence-corrected chi connectivity index (χ3v) is 3.90. The molecule has 0 aliphatic heterocycles. The Morgan fingerprint density at radius 1 is 1.29 bits per heavy atom. The molecule has 1 aliphatic rings. The van der Waals surface area contributed by atoms with Crippen LogP contribution in [0.1, 0.15) is 52.5 Å². The Labute approximate surface area is 128 Å². The average Bonchev–Trinajstić information content (AvgIpc) is 3.19. The molecule has 0 radical (unpaired) electrons. The van der Waals surface area contributed by atoms with Crippen molar-refractivity contribution >= 4 is 5.69 Å². The smallest absolute Gasteiger partial charge is 0.129 e. The lowest BCUT2D eigenvalue weighted by Gasteiger charge is -2.29. The Balaban J connectivity index is 2.20. The van der Waals surface area contributed by atoms with E-state index in [1.165, 1.54) is 12.8 Å². The van der Waals surface area contributed by atoms with Gasteiger partial charge < -0.3 is 10.2 Å². The highest BCUT2D eigenvalue weighted by atomic mass is 19.1. The molecule has 2 nitrogen and oxygen atoms in total. The van der Waals surface area contributed by atoms with Crippen molar-refractivity contribution in [2.75, 3.05) is 18.0 Å². The number of benzene rings is 1. The molecule has 0 atom stereocenters. The molecule has 2 rings (SSSR count). The van der Waals surface area contributed by atoms with Gasteiger partial charge in [-0.25, -0.2) is 4.39 Å². The maximum Gasteiger partial charge on any atom is 0.129 e. The second-order valence-electron chi connectivity index (χ2n) is 7.23. The molecule has 0 saturated heterocycles. The van der Waals surface area contributed by atoms with E-state index in [0.29, 0.717) is 6.54 Å². The van der Waals surface area contributed by atoms with Gasteiger partial charge in [-0.2, -0.15) is 0 Å². The fourth-order valence-corrected chi connectivity index (χ4v) is 2.56. The number of anilines is 1. The zero-order chi connectivity index (χ0) is 15.5. The molecule has 1 fully saturated rings. The van der Waals surface area contributed by atoms with E-state index in [9.17, 15) is 4.39 Å². The molecule has 0 unspecified atom stereocenters. The first kappa shape index (κ1) is 16.3. The molecule has 0 aromatic heterocycles. The number of halogens is 1. The summed E-state index contributed by atoms with van der Waals surface area (Å²) in [6.45, 7) is 11.2. The first-order valence-corrected chi connectivity index (χ1v) is 8.18. The second kappa shape index (κ2) is 6.78. The van der Waals surface area contributed by atoms with Gasteiger partial charge in [0.05, 0.1) is 0 Å². The number of hydrogen-bond acceptors (Lipinski definition) is 2. The van der Waals surface area contributed by atoms with Crippen LogP contribution in [0.2, 0.25) is 0 Å². The summed E-state index contributed by atoms with van der Waals surface area (Å²) < 4.78 is 14.3. The van der Waals surface area contributed by atoms with Crippen LogP contribution in [0.5, 0.6) is 0 Å². The highest BCUT2D eigenvalue weighted by Crippen LogP contribution is 2.33. The fraction of sp³-hybridized carbons (Fsp3) is 0.667. The summed E-state index contributed by atoms with van der Waals surface area (Å²) in [5, 5.41) is 3.42. The quantitative estimate of drug-likeness (QED) is 0.804. The van der Waals surface area contributed by atoms with Gasteiger partial charge in [0.25, 0.3) is 0 Å². The lowest BCUT2D eigenvalue weighted by molar-refractivity contribution is 0.418. The Morgan fingerprint density at radius 2 is 2.00 bits per heavy atom. The van der Waals surface area contributed by atoms with E-state index in [1.807, 2.05) is 6.07 Å². The molecule has 1 aliphatic carbocycles. The van der Waals surface area contributed by atoms with Crippen molar-refractivity contribution < 1.29 is 4.39 Å². The predicted octanol–water partition coefficient (Wildman–Crippen LogP) is 4.34. The molecule has 118 valence electrons. The van der Waals surface area contributed by atoms with Crippen LogP contribution in [0.3, 0.4) is 0 Å². The van der Waals surface area contributed by atoms with Crippen molar-refractivity contribution in [3.63, 3.8) is 0 Å². The van der Waals surface area contributed by atoms with Crippen molar-refractivity contribution in [3.8, 4) is 0 Å². The van der Waals surface area contributed by atoms with Crippen LogP contribution in [-0.2, 0) is 6.54 Å². The number of nitrogens with zero attached hydrogens (tertiary/aromatic N) is 1. The lowest BCUT2D eigenvalue weighted by Crippen LogP contribution is -2.36. The monoisotopic (exact) mass is 292 g/mol. The van der Waals surface area contributed by atoms with Crippen LogP contribution in [0, 0.1) is 11.7 Å². The van der Waals surface area contributed by atoms with Crippen LogP contribution >= 0.6 is 0 Å². The first-order chi connectivity index (χ1) is 9.90. The Hall–Kier alpha value is -1.09. The fourth-order valence-electron chi connectivity index (χ4n) is 2.56. The molecule has 1 aromatic rings. The molecule has 0 amide bonds. The maximum atomic E-state index is 14.3. The summed E-state index contributed by atoms with van der Waals surface area (Å²) in [5.41, 5.74) is 1.87. The van der Waals surface area contributed by atoms with Crippen molar-refractivity contribution in [1.29, 1.82) is 0 Å². The van der Waals surface area contributed by atoms with Gasteiger partial charge in [-0.1, -0.05) is 13.0 Å². The van der Waals surface area contributed by atoms with Crippen LogP contribution in [0.4, 0.5) is 10.1 Å². The molecule has 0 spiro atoms. The van der Waals surface area contributed by atoms with Crippen molar-refractivity contribution in [2.45, 2.75) is 59.0 Å². The minimum absolute atomic E-state index is 0.00830. The first-order valence-electron chi connectivity index (χ1n) is 8.18. The van der Waals surface area contributed by atoms with E-state index in [-0.39, 0.29) is 11.4 Å². The summed E-state index contributed by atoms with van der Waals surface area (Å²) in [6.07, 6.45) is 3.74. The van der Waals surface area contributed by atoms with Crippen molar-refractivity contribution in [1.82, 2.24) is 5.32 Å². The van der Waals surface area contributed by atoms with Crippen LogP contribution in [0.15, 0.2) is 18.2 Å².